The van der Waals surface area contributed by atoms with Gasteiger partial charge in [0.25, 0.3) is 0 Å². The molecule has 1 heteroatoms. The van der Waals surface area contributed by atoms with Crippen LogP contribution in [0.5, 0.6) is 0 Å². The molecule has 0 radical (unpaired) electrons. The van der Waals surface area contributed by atoms with E-state index in [-0.39, 0.29) is 0 Å². The van der Waals surface area contributed by atoms with Crippen molar-refractivity contribution < 1.29 is 4.74 Å². The van der Waals surface area contributed by atoms with E-state index >= 15 is 0 Å². The first-order valence-corrected chi connectivity index (χ1v) is 3.94. The molecule has 0 aliphatic carbocycles. The van der Waals surface area contributed by atoms with Gasteiger partial charge in [-0.1, -0.05) is 13.8 Å². The molecule has 0 unspecified atom stereocenters. The summed E-state index contributed by atoms with van der Waals surface area (Å²) in [5.74, 6) is 1.65. The number of hydrogen-bond acceptors (Lipinski definition) is 1. The van der Waals surface area contributed by atoms with E-state index in [0.717, 1.165) is 11.8 Å². The molecule has 52 valence electrons. The monoisotopic (exact) mass is 126 g/mol. The van der Waals surface area contributed by atoms with E-state index in [0.29, 0.717) is 12.2 Å². The van der Waals surface area contributed by atoms with Crippen molar-refractivity contribution in [3.8, 4) is 0 Å². The van der Waals surface area contributed by atoms with E-state index in [1.165, 1.54) is 12.8 Å². The summed E-state index contributed by atoms with van der Waals surface area (Å²) in [6.07, 6.45) is 3.86. The van der Waals surface area contributed by atoms with Crippen LogP contribution < -0.4 is 0 Å². The highest BCUT2D eigenvalue weighted by Crippen LogP contribution is 2.42. The van der Waals surface area contributed by atoms with Crippen LogP contribution in [0.25, 0.3) is 0 Å². The van der Waals surface area contributed by atoms with Gasteiger partial charge in [0, 0.05) is 0 Å². The maximum absolute atomic E-state index is 5.70. The lowest BCUT2D eigenvalue weighted by molar-refractivity contribution is 0.0897. The molecule has 0 amide bonds. The van der Waals surface area contributed by atoms with Crippen LogP contribution in [0.2, 0.25) is 0 Å². The van der Waals surface area contributed by atoms with E-state index in [2.05, 4.69) is 13.8 Å². The van der Waals surface area contributed by atoms with E-state index < -0.39 is 0 Å². The Labute approximate surface area is 56.4 Å². The summed E-state index contributed by atoms with van der Waals surface area (Å²) in [7, 11) is 0. The van der Waals surface area contributed by atoms with Gasteiger partial charge in [-0.2, -0.15) is 0 Å². The summed E-state index contributed by atoms with van der Waals surface area (Å²) in [6.45, 7) is 4.63. The topological polar surface area (TPSA) is 9.23 Å². The van der Waals surface area contributed by atoms with Gasteiger partial charge in [0.2, 0.25) is 0 Å². The van der Waals surface area contributed by atoms with Crippen molar-refractivity contribution in [2.24, 2.45) is 11.8 Å². The van der Waals surface area contributed by atoms with Crippen LogP contribution >= 0.6 is 0 Å². The van der Waals surface area contributed by atoms with Crippen LogP contribution in [0.4, 0.5) is 0 Å². The van der Waals surface area contributed by atoms with Crippen molar-refractivity contribution in [1.29, 1.82) is 0 Å². The normalized spacial score (nSPS) is 56.7. The molecule has 0 aromatic rings. The van der Waals surface area contributed by atoms with Crippen molar-refractivity contribution >= 4 is 0 Å². The highest BCUT2D eigenvalue weighted by Gasteiger charge is 2.43. The van der Waals surface area contributed by atoms with Crippen LogP contribution in [0.15, 0.2) is 0 Å². The fourth-order valence-corrected chi connectivity index (χ4v) is 2.14. The largest absolute Gasteiger partial charge is 0.374 e. The first-order valence-electron chi connectivity index (χ1n) is 3.94. The maximum Gasteiger partial charge on any atom is 0.0609 e. The lowest BCUT2D eigenvalue weighted by Gasteiger charge is -2.19. The summed E-state index contributed by atoms with van der Waals surface area (Å²) in [6, 6.07) is 0. The molecule has 0 aromatic heterocycles. The zero-order valence-corrected chi connectivity index (χ0v) is 6.13. The third kappa shape index (κ3) is 0.644. The van der Waals surface area contributed by atoms with Crippen molar-refractivity contribution in [2.75, 3.05) is 0 Å². The summed E-state index contributed by atoms with van der Waals surface area (Å²) in [4.78, 5) is 0. The first-order chi connectivity index (χ1) is 4.29. The predicted octanol–water partition coefficient (Wildman–Crippen LogP) is 1.82. The average molecular weight is 126 g/mol. The van der Waals surface area contributed by atoms with E-state index in [4.69, 9.17) is 4.74 Å². The zero-order chi connectivity index (χ0) is 6.43. The lowest BCUT2D eigenvalue weighted by atomic mass is 9.82. The molecule has 2 rings (SSSR count). The lowest BCUT2D eigenvalue weighted by Crippen LogP contribution is -2.21. The smallest absolute Gasteiger partial charge is 0.0609 e. The standard InChI is InChI=1S/C8H14O/c1-5-6(2)8-4-3-7(5)9-8/h5-8H,3-4H2,1-2H3/t5-,6+,7-,8+. The molecule has 0 aromatic carbocycles. The maximum atomic E-state index is 5.70. The molecule has 2 aliphatic rings. The minimum absolute atomic E-state index is 0.616. The Morgan fingerprint density at radius 1 is 1.00 bits per heavy atom. The second kappa shape index (κ2) is 1.72. The van der Waals surface area contributed by atoms with Gasteiger partial charge in [-0.3, -0.25) is 0 Å². The number of hydrogen-bond donors (Lipinski definition) is 0. The fourth-order valence-electron chi connectivity index (χ4n) is 2.14. The van der Waals surface area contributed by atoms with Gasteiger partial charge < -0.3 is 4.74 Å². The van der Waals surface area contributed by atoms with Gasteiger partial charge >= 0.3 is 0 Å². The van der Waals surface area contributed by atoms with Crippen molar-refractivity contribution in [2.45, 2.75) is 38.9 Å². The molecular weight excluding hydrogens is 112 g/mol. The van der Waals surface area contributed by atoms with Gasteiger partial charge in [0.05, 0.1) is 12.2 Å². The average Bonchev–Trinajstić information content (AvgIpc) is 2.37. The Morgan fingerprint density at radius 3 is 1.67 bits per heavy atom. The van der Waals surface area contributed by atoms with Crippen LogP contribution in [0, 0.1) is 11.8 Å². The van der Waals surface area contributed by atoms with Gasteiger partial charge in [0.15, 0.2) is 0 Å². The van der Waals surface area contributed by atoms with Crippen LogP contribution in [-0.2, 0) is 4.74 Å². The number of ether oxygens (including phenoxy) is 1. The Kier molecular flexibility index (Phi) is 1.10. The van der Waals surface area contributed by atoms with Gasteiger partial charge in [0.1, 0.15) is 0 Å². The molecule has 2 aliphatic heterocycles. The van der Waals surface area contributed by atoms with E-state index in [9.17, 15) is 0 Å². The molecule has 9 heavy (non-hydrogen) atoms. The Morgan fingerprint density at radius 2 is 1.44 bits per heavy atom. The number of rotatable bonds is 0. The summed E-state index contributed by atoms with van der Waals surface area (Å²) in [5, 5.41) is 0. The SMILES string of the molecule is C[C@@H]1[C@H](C)[C@@H]2CC[C@H]1O2. The Balaban J connectivity index is 2.15. The second-order valence-electron chi connectivity index (χ2n) is 3.51. The third-order valence-corrected chi connectivity index (χ3v) is 3.09. The minimum Gasteiger partial charge on any atom is -0.374 e. The van der Waals surface area contributed by atoms with E-state index in [1.54, 1.807) is 0 Å². The first kappa shape index (κ1) is 5.72. The molecule has 2 heterocycles. The van der Waals surface area contributed by atoms with Crippen LogP contribution in [0.1, 0.15) is 26.7 Å². The third-order valence-electron chi connectivity index (χ3n) is 3.09. The van der Waals surface area contributed by atoms with Crippen molar-refractivity contribution in [1.82, 2.24) is 0 Å². The van der Waals surface area contributed by atoms with Gasteiger partial charge in [-0.15, -0.1) is 0 Å². The molecule has 1 nitrogen and oxygen atoms in total. The summed E-state index contributed by atoms with van der Waals surface area (Å²) >= 11 is 0. The van der Waals surface area contributed by atoms with Crippen LogP contribution in [-0.4, -0.2) is 12.2 Å². The molecular formula is C8H14O. The van der Waals surface area contributed by atoms with E-state index in [1.807, 2.05) is 0 Å². The fraction of sp³-hybridized carbons (Fsp3) is 1.00. The molecule has 2 saturated heterocycles. The highest BCUT2D eigenvalue weighted by molar-refractivity contribution is 4.91. The van der Waals surface area contributed by atoms with Crippen molar-refractivity contribution in [3.63, 3.8) is 0 Å². The minimum atomic E-state index is 0.616. The molecule has 0 spiro atoms. The van der Waals surface area contributed by atoms with Crippen LogP contribution in [0.3, 0.4) is 0 Å². The molecule has 0 saturated carbocycles. The zero-order valence-electron chi connectivity index (χ0n) is 6.13. The second-order valence-corrected chi connectivity index (χ2v) is 3.51. The Bertz CT molecular complexity index is 104. The molecule has 0 N–H and O–H groups in total. The Hall–Kier alpha value is -0.0400. The highest BCUT2D eigenvalue weighted by atomic mass is 16.5. The van der Waals surface area contributed by atoms with Gasteiger partial charge in [-0.25, -0.2) is 0 Å². The molecule has 2 fully saturated rings. The molecule has 4 atom stereocenters. The predicted molar refractivity (Wildman–Crippen MR) is 36.2 cm³/mol. The summed E-state index contributed by atoms with van der Waals surface area (Å²) < 4.78 is 5.70. The molecule has 2 bridgehead atoms. The van der Waals surface area contributed by atoms with Gasteiger partial charge in [-0.05, 0) is 24.7 Å². The van der Waals surface area contributed by atoms with Crippen molar-refractivity contribution in [3.05, 3.63) is 0 Å². The number of fused-ring (bicyclic) bond motifs is 2. The summed E-state index contributed by atoms with van der Waals surface area (Å²) in [5.41, 5.74) is 0. The quantitative estimate of drug-likeness (QED) is 0.481.